The molecule has 7 heteroatoms. The number of hydrogen-bond acceptors (Lipinski definition) is 4. The topological polar surface area (TPSA) is 78.8 Å². The van der Waals surface area contributed by atoms with Crippen LogP contribution in [0.15, 0.2) is 94.9 Å². The predicted molar refractivity (Wildman–Crippen MR) is 127 cm³/mol. The average Bonchev–Trinajstić information content (AvgIpc) is 3.09. The van der Waals surface area contributed by atoms with Crippen molar-refractivity contribution in [3.05, 3.63) is 102 Å². The van der Waals surface area contributed by atoms with Crippen molar-refractivity contribution >= 4 is 21.6 Å². The van der Waals surface area contributed by atoms with Crippen LogP contribution in [0.4, 0.5) is 0 Å². The van der Waals surface area contributed by atoms with E-state index in [-0.39, 0.29) is 16.7 Å². The lowest BCUT2D eigenvalue weighted by molar-refractivity contribution is 0.00994. The van der Waals surface area contributed by atoms with Gasteiger partial charge in [0.15, 0.2) is 5.66 Å². The van der Waals surface area contributed by atoms with Crippen molar-refractivity contribution in [2.75, 3.05) is 0 Å². The van der Waals surface area contributed by atoms with Crippen molar-refractivity contribution < 1.29 is 13.2 Å². The van der Waals surface area contributed by atoms with Gasteiger partial charge in [0.25, 0.3) is 5.91 Å². The second kappa shape index (κ2) is 8.24. The summed E-state index contributed by atoms with van der Waals surface area (Å²) in [6, 6.07) is 25.5. The number of carbonyl (C=O) groups excluding carboxylic acids is 1. The third-order valence-electron chi connectivity index (χ3n) is 6.42. The van der Waals surface area contributed by atoms with Crippen molar-refractivity contribution in [2.45, 2.75) is 36.7 Å². The minimum Gasteiger partial charge on any atom is -0.267 e. The van der Waals surface area contributed by atoms with Gasteiger partial charge in [0, 0.05) is 17.0 Å². The van der Waals surface area contributed by atoms with Crippen molar-refractivity contribution in [3.8, 4) is 0 Å². The molecule has 3 aromatic rings. The molecule has 0 saturated carbocycles. The molecule has 0 aromatic heterocycles. The van der Waals surface area contributed by atoms with E-state index in [0.29, 0.717) is 17.5 Å². The van der Waals surface area contributed by atoms with Crippen LogP contribution in [-0.2, 0) is 15.7 Å². The molecule has 3 aromatic carbocycles. The Morgan fingerprint density at radius 2 is 1.64 bits per heavy atom. The van der Waals surface area contributed by atoms with Gasteiger partial charge >= 0.3 is 0 Å². The summed E-state index contributed by atoms with van der Waals surface area (Å²) >= 11 is 0. The molecule has 1 N–H and O–H groups in total. The maximum Gasteiger partial charge on any atom is 0.276 e. The molecule has 1 spiro atoms. The van der Waals surface area contributed by atoms with Crippen LogP contribution in [0.1, 0.15) is 47.7 Å². The summed E-state index contributed by atoms with van der Waals surface area (Å²) in [5.74, 6) is -0.537. The first kappa shape index (κ1) is 21.6. The summed E-state index contributed by atoms with van der Waals surface area (Å²) in [5, 5.41) is 6.22. The molecular weight excluding hydrogens is 434 g/mol. The molecule has 5 rings (SSSR count). The summed E-state index contributed by atoms with van der Waals surface area (Å²) in [5.41, 5.74) is 1.44. The average molecular weight is 460 g/mol. The highest BCUT2D eigenvalue weighted by atomic mass is 32.2. The number of amides is 1. The van der Waals surface area contributed by atoms with E-state index < -0.39 is 15.7 Å². The number of hydrogen-bond donors (Lipinski definition) is 1. The number of nitrogens with one attached hydrogen (secondary N) is 1. The Morgan fingerprint density at radius 3 is 2.33 bits per heavy atom. The molecule has 33 heavy (non-hydrogen) atoms. The van der Waals surface area contributed by atoms with E-state index >= 15 is 0 Å². The number of carbonyl (C=O) groups is 1. The molecule has 0 bridgehead atoms. The van der Waals surface area contributed by atoms with Gasteiger partial charge in [-0.15, -0.1) is 0 Å². The zero-order chi connectivity index (χ0) is 23.1. The molecule has 0 radical (unpaired) electrons. The number of benzene rings is 3. The molecule has 1 amide bonds. The van der Waals surface area contributed by atoms with E-state index in [4.69, 9.17) is 5.10 Å². The molecule has 0 fully saturated rings. The highest BCUT2D eigenvalue weighted by molar-refractivity contribution is 7.89. The molecule has 0 aliphatic carbocycles. The largest absolute Gasteiger partial charge is 0.276 e. The predicted octanol–water partition coefficient (Wildman–Crippen LogP) is 4.50. The molecule has 0 saturated heterocycles. The minimum absolute atomic E-state index is 0.193. The van der Waals surface area contributed by atoms with E-state index in [9.17, 15) is 13.2 Å². The van der Waals surface area contributed by atoms with E-state index in [1.165, 1.54) is 5.01 Å². The zero-order valence-electron chi connectivity index (χ0n) is 18.3. The Kier molecular flexibility index (Phi) is 5.38. The van der Waals surface area contributed by atoms with Gasteiger partial charge in [-0.05, 0) is 36.6 Å². The van der Waals surface area contributed by atoms with Crippen molar-refractivity contribution in [2.24, 2.45) is 11.0 Å². The Morgan fingerprint density at radius 1 is 1.00 bits per heavy atom. The van der Waals surface area contributed by atoms with Crippen LogP contribution < -0.4 is 4.72 Å². The first-order valence-corrected chi connectivity index (χ1v) is 12.6. The third-order valence-corrected chi connectivity index (χ3v) is 7.93. The van der Waals surface area contributed by atoms with Gasteiger partial charge < -0.3 is 0 Å². The maximum atomic E-state index is 13.9. The van der Waals surface area contributed by atoms with Crippen LogP contribution >= 0.6 is 0 Å². The number of rotatable bonds is 4. The Bertz CT molecular complexity index is 1320. The second-order valence-corrected chi connectivity index (χ2v) is 10.1. The van der Waals surface area contributed by atoms with Gasteiger partial charge in [-0.25, -0.2) is 13.4 Å². The molecule has 2 atom stereocenters. The molecular formula is C26H25N3O3S. The lowest BCUT2D eigenvalue weighted by atomic mass is 9.77. The van der Waals surface area contributed by atoms with Gasteiger partial charge in [0.05, 0.1) is 10.6 Å². The lowest BCUT2D eigenvalue weighted by Crippen LogP contribution is -2.61. The zero-order valence-corrected chi connectivity index (χ0v) is 19.1. The summed E-state index contributed by atoms with van der Waals surface area (Å²) < 4.78 is 29.4. The van der Waals surface area contributed by atoms with Gasteiger partial charge in [-0.3, -0.25) is 4.79 Å². The smallest absolute Gasteiger partial charge is 0.267 e. The number of fused-ring (bicyclic) bond motifs is 2. The molecule has 2 aliphatic rings. The summed E-state index contributed by atoms with van der Waals surface area (Å²) in [7, 11) is -3.81. The first-order chi connectivity index (χ1) is 16.0. The van der Waals surface area contributed by atoms with Gasteiger partial charge in [0.1, 0.15) is 0 Å². The Balaban J connectivity index is 1.77. The van der Waals surface area contributed by atoms with E-state index in [2.05, 4.69) is 11.6 Å². The monoisotopic (exact) mass is 459 g/mol. The third kappa shape index (κ3) is 3.48. The van der Waals surface area contributed by atoms with Crippen LogP contribution in [-0.4, -0.2) is 25.0 Å². The maximum absolute atomic E-state index is 13.9. The fourth-order valence-electron chi connectivity index (χ4n) is 4.96. The molecule has 168 valence electrons. The summed E-state index contributed by atoms with van der Waals surface area (Å²) in [6.45, 7) is 2.07. The normalized spacial score (nSPS) is 23.2. The standard InChI is InChI=1S/C26H25N3O3S/c1-2-11-21-18-23(19-12-5-3-6-13-19)27-29(25(30)20-14-7-4-8-15-20)26(21)22-16-9-10-17-24(22)33(31,32)28-26/h3-10,12-17,21,28H,2,11,18H2,1H3/t21-,26-/m0/s1. The highest BCUT2D eigenvalue weighted by Gasteiger charge is 2.58. The van der Waals surface area contributed by atoms with E-state index in [1.807, 2.05) is 42.5 Å². The van der Waals surface area contributed by atoms with E-state index in [0.717, 1.165) is 24.1 Å². The Hall–Kier alpha value is -3.29. The number of hydrazone groups is 1. The summed E-state index contributed by atoms with van der Waals surface area (Å²) in [6.07, 6.45) is 2.11. The first-order valence-electron chi connectivity index (χ1n) is 11.1. The number of sulfonamides is 1. The van der Waals surface area contributed by atoms with Crippen molar-refractivity contribution in [1.29, 1.82) is 0 Å². The molecule has 2 aliphatic heterocycles. The summed E-state index contributed by atoms with van der Waals surface area (Å²) in [4.78, 5) is 14.1. The SMILES string of the molecule is CCC[C@H]1CC(c2ccccc2)=NN(C(=O)c2ccccc2)[C@@]12NS(=O)(=O)c1ccccc12. The second-order valence-electron chi connectivity index (χ2n) is 8.45. The van der Waals surface area contributed by atoms with Crippen LogP contribution in [0.2, 0.25) is 0 Å². The van der Waals surface area contributed by atoms with Crippen LogP contribution in [0.5, 0.6) is 0 Å². The van der Waals surface area contributed by atoms with Gasteiger partial charge in [-0.1, -0.05) is 80.1 Å². The van der Waals surface area contributed by atoms with E-state index in [1.54, 1.807) is 42.5 Å². The molecule has 2 heterocycles. The minimum atomic E-state index is -3.81. The lowest BCUT2D eigenvalue weighted by Gasteiger charge is -2.47. The highest BCUT2D eigenvalue weighted by Crippen LogP contribution is 2.49. The van der Waals surface area contributed by atoms with Crippen molar-refractivity contribution in [3.63, 3.8) is 0 Å². The fourth-order valence-corrected chi connectivity index (χ4v) is 6.61. The molecule has 6 nitrogen and oxygen atoms in total. The van der Waals surface area contributed by atoms with Crippen LogP contribution in [0.3, 0.4) is 0 Å². The number of nitrogens with zero attached hydrogens (tertiary/aromatic N) is 2. The Labute approximate surface area is 194 Å². The fraction of sp³-hybridized carbons (Fsp3) is 0.231. The van der Waals surface area contributed by atoms with Gasteiger partial charge in [-0.2, -0.15) is 9.82 Å². The van der Waals surface area contributed by atoms with Crippen LogP contribution in [0.25, 0.3) is 0 Å². The van der Waals surface area contributed by atoms with Crippen molar-refractivity contribution in [1.82, 2.24) is 9.73 Å². The molecule has 0 unspecified atom stereocenters. The van der Waals surface area contributed by atoms with Gasteiger partial charge in [0.2, 0.25) is 10.0 Å². The van der Waals surface area contributed by atoms with Crippen LogP contribution in [0, 0.1) is 5.92 Å². The quantitative estimate of drug-likeness (QED) is 0.624.